The highest BCUT2D eigenvalue weighted by Gasteiger charge is 2.18. The highest BCUT2D eigenvalue weighted by molar-refractivity contribution is 6.05. The van der Waals surface area contributed by atoms with E-state index < -0.39 is 23.1 Å². The standard InChI is InChI=1S/C17H17F2NO/c1-3-11(2)12-7-4-5-10-15(12)20-17(21)16-13(18)8-6-9-14(16)19/h4-11H,3H2,1-2H3,(H,20,21)/t11-/m0/s1. The van der Waals surface area contributed by atoms with Crippen LogP contribution in [0.15, 0.2) is 42.5 Å². The fourth-order valence-electron chi connectivity index (χ4n) is 2.16. The van der Waals surface area contributed by atoms with Crippen molar-refractivity contribution in [2.75, 3.05) is 5.32 Å². The van der Waals surface area contributed by atoms with Crippen molar-refractivity contribution in [3.05, 3.63) is 65.2 Å². The van der Waals surface area contributed by atoms with Crippen molar-refractivity contribution in [2.45, 2.75) is 26.2 Å². The molecule has 0 spiro atoms. The number of rotatable bonds is 4. The van der Waals surface area contributed by atoms with Crippen molar-refractivity contribution in [3.63, 3.8) is 0 Å². The van der Waals surface area contributed by atoms with Crippen LogP contribution in [0.4, 0.5) is 14.5 Å². The minimum Gasteiger partial charge on any atom is -0.322 e. The first-order valence-electron chi connectivity index (χ1n) is 6.88. The summed E-state index contributed by atoms with van der Waals surface area (Å²) in [4.78, 5) is 12.1. The van der Waals surface area contributed by atoms with E-state index in [0.29, 0.717) is 5.69 Å². The summed E-state index contributed by atoms with van der Waals surface area (Å²) in [5.74, 6) is -2.27. The van der Waals surface area contributed by atoms with Gasteiger partial charge in [0.15, 0.2) is 0 Å². The zero-order valence-corrected chi connectivity index (χ0v) is 12.0. The maximum absolute atomic E-state index is 13.6. The lowest BCUT2D eigenvalue weighted by atomic mass is 9.96. The summed E-state index contributed by atoms with van der Waals surface area (Å²) in [6.07, 6.45) is 0.904. The molecule has 0 aromatic heterocycles. The molecule has 0 unspecified atom stereocenters. The van der Waals surface area contributed by atoms with Crippen molar-refractivity contribution in [1.82, 2.24) is 0 Å². The van der Waals surface area contributed by atoms with Gasteiger partial charge in [-0.15, -0.1) is 0 Å². The predicted molar refractivity (Wildman–Crippen MR) is 79.5 cm³/mol. The lowest BCUT2D eigenvalue weighted by Gasteiger charge is -2.16. The molecular formula is C17H17F2NO. The molecule has 2 nitrogen and oxygen atoms in total. The molecule has 1 amide bonds. The minimum atomic E-state index is -0.867. The van der Waals surface area contributed by atoms with Crippen LogP contribution in [0.25, 0.3) is 0 Å². The Morgan fingerprint density at radius 2 is 1.71 bits per heavy atom. The summed E-state index contributed by atoms with van der Waals surface area (Å²) in [7, 11) is 0. The molecule has 0 radical (unpaired) electrons. The number of amides is 1. The second-order valence-corrected chi connectivity index (χ2v) is 4.95. The highest BCUT2D eigenvalue weighted by atomic mass is 19.1. The van der Waals surface area contributed by atoms with E-state index in [1.54, 1.807) is 12.1 Å². The number of carbonyl (C=O) groups excluding carboxylic acids is 1. The van der Waals surface area contributed by atoms with Crippen LogP contribution in [0.1, 0.15) is 42.1 Å². The molecule has 2 aromatic rings. The van der Waals surface area contributed by atoms with Crippen LogP contribution >= 0.6 is 0 Å². The van der Waals surface area contributed by atoms with Gasteiger partial charge in [0.2, 0.25) is 0 Å². The average molecular weight is 289 g/mol. The second kappa shape index (κ2) is 6.48. The molecule has 0 fully saturated rings. The Labute approximate surface area is 122 Å². The Balaban J connectivity index is 2.33. The summed E-state index contributed by atoms with van der Waals surface area (Å²) in [5, 5.41) is 2.60. The Hall–Kier alpha value is -2.23. The van der Waals surface area contributed by atoms with Gasteiger partial charge in [-0.1, -0.05) is 38.1 Å². The summed E-state index contributed by atoms with van der Waals surface area (Å²) in [6.45, 7) is 4.08. The molecule has 0 saturated carbocycles. The molecule has 110 valence electrons. The maximum atomic E-state index is 13.6. The minimum absolute atomic E-state index is 0.243. The van der Waals surface area contributed by atoms with Gasteiger partial charge in [-0.2, -0.15) is 0 Å². The van der Waals surface area contributed by atoms with Crippen LogP contribution < -0.4 is 5.32 Å². The van der Waals surface area contributed by atoms with Crippen LogP contribution in [0.5, 0.6) is 0 Å². The Morgan fingerprint density at radius 3 is 2.33 bits per heavy atom. The number of benzene rings is 2. The molecule has 0 aliphatic heterocycles. The van der Waals surface area contributed by atoms with E-state index in [0.717, 1.165) is 24.1 Å². The van der Waals surface area contributed by atoms with Gasteiger partial charge in [0.05, 0.1) is 0 Å². The summed E-state index contributed by atoms with van der Waals surface area (Å²) >= 11 is 0. The van der Waals surface area contributed by atoms with Crippen LogP contribution in [-0.2, 0) is 0 Å². The summed E-state index contributed by atoms with van der Waals surface area (Å²) in [5.41, 5.74) is 0.973. The van der Waals surface area contributed by atoms with Crippen LogP contribution in [0, 0.1) is 11.6 Å². The van der Waals surface area contributed by atoms with Gasteiger partial charge < -0.3 is 5.32 Å². The van der Waals surface area contributed by atoms with Gasteiger partial charge in [-0.3, -0.25) is 4.79 Å². The number of hydrogen-bond donors (Lipinski definition) is 1. The molecule has 0 aliphatic carbocycles. The van der Waals surface area contributed by atoms with E-state index in [1.807, 2.05) is 26.0 Å². The molecule has 0 saturated heterocycles. The smallest absolute Gasteiger partial charge is 0.261 e. The maximum Gasteiger partial charge on any atom is 0.261 e. The number of para-hydroxylation sites is 1. The van der Waals surface area contributed by atoms with Crippen LogP contribution in [0.3, 0.4) is 0 Å². The lowest BCUT2D eigenvalue weighted by molar-refractivity contribution is 0.101. The molecule has 4 heteroatoms. The van der Waals surface area contributed by atoms with E-state index in [-0.39, 0.29) is 5.92 Å². The fourth-order valence-corrected chi connectivity index (χ4v) is 2.16. The second-order valence-electron chi connectivity index (χ2n) is 4.95. The molecule has 0 aliphatic rings. The Bertz CT molecular complexity index is 635. The largest absolute Gasteiger partial charge is 0.322 e. The Kier molecular flexibility index (Phi) is 4.68. The third-order valence-corrected chi connectivity index (χ3v) is 3.54. The molecule has 1 N–H and O–H groups in total. The number of anilines is 1. The van der Waals surface area contributed by atoms with Crippen molar-refractivity contribution >= 4 is 11.6 Å². The van der Waals surface area contributed by atoms with Gasteiger partial charge in [0, 0.05) is 5.69 Å². The molecular weight excluding hydrogens is 272 g/mol. The first-order chi connectivity index (χ1) is 10.0. The fraction of sp³-hybridized carbons (Fsp3) is 0.235. The van der Waals surface area contributed by atoms with E-state index in [1.165, 1.54) is 6.07 Å². The first-order valence-corrected chi connectivity index (χ1v) is 6.88. The quantitative estimate of drug-likeness (QED) is 0.866. The van der Waals surface area contributed by atoms with Gasteiger partial charge in [0.1, 0.15) is 17.2 Å². The highest BCUT2D eigenvalue weighted by Crippen LogP contribution is 2.27. The van der Waals surface area contributed by atoms with Crippen LogP contribution in [-0.4, -0.2) is 5.91 Å². The number of halogens is 2. The van der Waals surface area contributed by atoms with Crippen molar-refractivity contribution in [1.29, 1.82) is 0 Å². The molecule has 0 bridgehead atoms. The van der Waals surface area contributed by atoms with Crippen LogP contribution in [0.2, 0.25) is 0 Å². The molecule has 2 aromatic carbocycles. The molecule has 0 heterocycles. The van der Waals surface area contributed by atoms with Gasteiger partial charge in [0.25, 0.3) is 5.91 Å². The van der Waals surface area contributed by atoms with E-state index in [9.17, 15) is 13.6 Å². The predicted octanol–water partition coefficient (Wildman–Crippen LogP) is 4.73. The summed E-state index contributed by atoms with van der Waals surface area (Å²) < 4.78 is 27.3. The van der Waals surface area contributed by atoms with E-state index in [4.69, 9.17) is 0 Å². The van der Waals surface area contributed by atoms with Crippen molar-refractivity contribution in [2.24, 2.45) is 0 Å². The van der Waals surface area contributed by atoms with Crippen molar-refractivity contribution in [3.8, 4) is 0 Å². The topological polar surface area (TPSA) is 29.1 Å². The molecule has 21 heavy (non-hydrogen) atoms. The van der Waals surface area contributed by atoms with Crippen molar-refractivity contribution < 1.29 is 13.6 Å². The lowest BCUT2D eigenvalue weighted by Crippen LogP contribution is -2.17. The summed E-state index contributed by atoms with van der Waals surface area (Å²) in [6, 6.07) is 10.7. The van der Waals surface area contributed by atoms with Gasteiger partial charge in [-0.05, 0) is 36.1 Å². The third kappa shape index (κ3) is 3.27. The molecule has 1 atom stereocenters. The van der Waals surface area contributed by atoms with E-state index in [2.05, 4.69) is 5.32 Å². The number of carbonyl (C=O) groups is 1. The average Bonchev–Trinajstić information content (AvgIpc) is 2.47. The third-order valence-electron chi connectivity index (χ3n) is 3.54. The number of nitrogens with one attached hydrogen (secondary N) is 1. The normalized spacial score (nSPS) is 12.0. The monoisotopic (exact) mass is 289 g/mol. The SMILES string of the molecule is CC[C@H](C)c1ccccc1NC(=O)c1c(F)cccc1F. The Morgan fingerprint density at radius 1 is 1.10 bits per heavy atom. The zero-order valence-electron chi connectivity index (χ0n) is 12.0. The first kappa shape index (κ1) is 15.2. The van der Waals surface area contributed by atoms with Gasteiger partial charge in [-0.25, -0.2) is 8.78 Å². The van der Waals surface area contributed by atoms with E-state index >= 15 is 0 Å². The molecule has 2 rings (SSSR count). The zero-order chi connectivity index (χ0) is 15.4. The van der Waals surface area contributed by atoms with Gasteiger partial charge >= 0.3 is 0 Å². The number of hydrogen-bond acceptors (Lipinski definition) is 1.